The van der Waals surface area contributed by atoms with Crippen LogP contribution in [0.25, 0.3) is 11.3 Å². The van der Waals surface area contributed by atoms with Crippen molar-refractivity contribution in [2.24, 2.45) is 11.3 Å². The fraction of sp³-hybridized carbons (Fsp3) is 0.436. The quantitative estimate of drug-likeness (QED) is 0.107. The van der Waals surface area contributed by atoms with Crippen LogP contribution in [0.2, 0.25) is 0 Å². The van der Waals surface area contributed by atoms with Crippen molar-refractivity contribution in [2.75, 3.05) is 21.3 Å². The van der Waals surface area contributed by atoms with Gasteiger partial charge in [-0.15, -0.1) is 0 Å². The van der Waals surface area contributed by atoms with Gasteiger partial charge in [-0.2, -0.15) is 0 Å². The molecule has 0 saturated carbocycles. The second kappa shape index (κ2) is 19.9. The summed E-state index contributed by atoms with van der Waals surface area (Å²) < 4.78 is 14.3. The number of benzene rings is 2. The number of nitrogens with zero attached hydrogens (tertiary/aromatic N) is 1. The molecule has 0 fully saturated rings. The summed E-state index contributed by atoms with van der Waals surface area (Å²) in [5, 5.41) is 22.7. The first-order valence-electron chi connectivity index (χ1n) is 17.3. The maximum absolute atomic E-state index is 13.9. The van der Waals surface area contributed by atoms with Crippen molar-refractivity contribution in [1.29, 1.82) is 0 Å². The SMILES string of the molecule is COC(=O)N[C@H](C(=O)N[C@@H](Cc1ccccc1)[C@@H](O)C[C@H](Cc1ccc(-c2ccccn2)cc1)NC(=O)[C@@H](NC(=O)OC)C(C)(C)C)C(C)C(=O)OC. The first kappa shape index (κ1) is 41.9. The molecule has 3 rings (SSSR count). The summed E-state index contributed by atoms with van der Waals surface area (Å²) in [4.78, 5) is 68.9. The average Bonchev–Trinajstić information content (AvgIpc) is 3.15. The Labute approximate surface area is 310 Å². The molecule has 53 heavy (non-hydrogen) atoms. The van der Waals surface area contributed by atoms with Gasteiger partial charge in [0.15, 0.2) is 0 Å². The van der Waals surface area contributed by atoms with E-state index in [0.717, 1.165) is 29.5 Å². The highest BCUT2D eigenvalue weighted by Gasteiger charge is 2.37. The molecule has 5 N–H and O–H groups in total. The summed E-state index contributed by atoms with van der Waals surface area (Å²) in [6, 6.07) is 18.4. The molecule has 2 aromatic carbocycles. The standard InChI is InChI=1S/C39H51N5O9/c1-24(36(48)51-5)32(43-37(49)52-6)34(46)42-30(22-25-13-9-8-10-14-25)31(45)23-28(41-35(47)33(39(2,3)4)44-38(50)53-7)21-26-16-18-27(19-17-26)29-15-11-12-20-40-29/h8-20,24,28,30-33,45H,21-23H2,1-7H3,(H,41,47)(H,42,46)(H,43,49)(H,44,50)/t24?,28-,30-,31-,32-,33+/m0/s1. The molecule has 0 aliphatic rings. The zero-order valence-corrected chi connectivity index (χ0v) is 31.3. The minimum atomic E-state index is -1.40. The molecule has 1 unspecified atom stereocenters. The minimum Gasteiger partial charge on any atom is -0.469 e. The molecule has 1 heterocycles. The third-order valence-electron chi connectivity index (χ3n) is 8.75. The molecular formula is C39H51N5O9. The summed E-state index contributed by atoms with van der Waals surface area (Å²) in [5.41, 5.74) is 2.60. The van der Waals surface area contributed by atoms with Gasteiger partial charge in [0, 0.05) is 17.8 Å². The van der Waals surface area contributed by atoms with E-state index in [1.807, 2.05) is 72.8 Å². The molecule has 286 valence electrons. The molecular weight excluding hydrogens is 682 g/mol. The number of amides is 4. The highest BCUT2D eigenvalue weighted by Crippen LogP contribution is 2.22. The zero-order valence-electron chi connectivity index (χ0n) is 31.3. The van der Waals surface area contributed by atoms with E-state index in [0.29, 0.717) is 0 Å². The fourth-order valence-electron chi connectivity index (χ4n) is 5.76. The summed E-state index contributed by atoms with van der Waals surface area (Å²) in [6.45, 7) is 6.82. The van der Waals surface area contributed by atoms with Crippen molar-refractivity contribution in [3.63, 3.8) is 0 Å². The van der Waals surface area contributed by atoms with Gasteiger partial charge in [-0.1, -0.05) is 81.4 Å². The van der Waals surface area contributed by atoms with E-state index in [2.05, 4.69) is 31.0 Å². The number of aliphatic hydroxyl groups excluding tert-OH is 1. The lowest BCUT2D eigenvalue weighted by molar-refractivity contribution is -0.148. The van der Waals surface area contributed by atoms with Gasteiger partial charge in [0.2, 0.25) is 11.8 Å². The predicted molar refractivity (Wildman–Crippen MR) is 197 cm³/mol. The van der Waals surface area contributed by atoms with Crippen molar-refractivity contribution in [2.45, 2.75) is 77.2 Å². The van der Waals surface area contributed by atoms with Gasteiger partial charge in [-0.05, 0) is 54.9 Å². The lowest BCUT2D eigenvalue weighted by Crippen LogP contribution is -2.58. The second-order valence-corrected chi connectivity index (χ2v) is 13.8. The van der Waals surface area contributed by atoms with Crippen molar-refractivity contribution in [3.8, 4) is 11.3 Å². The maximum atomic E-state index is 13.9. The van der Waals surface area contributed by atoms with Crippen molar-refractivity contribution in [3.05, 3.63) is 90.1 Å². The molecule has 0 bridgehead atoms. The number of carbonyl (C=O) groups is 5. The molecule has 0 radical (unpaired) electrons. The lowest BCUT2D eigenvalue weighted by Gasteiger charge is -2.33. The molecule has 3 aromatic rings. The molecule has 0 spiro atoms. The average molecular weight is 734 g/mol. The van der Waals surface area contributed by atoms with Crippen LogP contribution in [0.5, 0.6) is 0 Å². The van der Waals surface area contributed by atoms with Crippen LogP contribution in [-0.2, 0) is 41.4 Å². The predicted octanol–water partition coefficient (Wildman–Crippen LogP) is 3.56. The lowest BCUT2D eigenvalue weighted by atomic mass is 9.85. The van der Waals surface area contributed by atoms with E-state index in [-0.39, 0.29) is 19.3 Å². The summed E-state index contributed by atoms with van der Waals surface area (Å²) in [7, 11) is 3.50. The van der Waals surface area contributed by atoms with Gasteiger partial charge in [0.05, 0.1) is 45.1 Å². The Morgan fingerprint density at radius 2 is 1.32 bits per heavy atom. The second-order valence-electron chi connectivity index (χ2n) is 13.8. The Bertz CT molecular complexity index is 1650. The van der Waals surface area contributed by atoms with Crippen LogP contribution in [-0.4, -0.2) is 91.7 Å². The zero-order chi connectivity index (χ0) is 39.1. The molecule has 1 aromatic heterocycles. The molecule has 14 heteroatoms. The van der Waals surface area contributed by atoms with Crippen molar-refractivity contribution < 1.29 is 43.3 Å². The fourth-order valence-corrected chi connectivity index (χ4v) is 5.76. The number of rotatable bonds is 16. The number of methoxy groups -OCH3 is 3. The van der Waals surface area contributed by atoms with E-state index in [1.54, 1.807) is 27.0 Å². The van der Waals surface area contributed by atoms with Crippen LogP contribution < -0.4 is 21.3 Å². The Kier molecular flexibility index (Phi) is 15.8. The van der Waals surface area contributed by atoms with Crippen LogP contribution >= 0.6 is 0 Å². The van der Waals surface area contributed by atoms with E-state index >= 15 is 0 Å². The highest BCUT2D eigenvalue weighted by molar-refractivity contribution is 5.91. The van der Waals surface area contributed by atoms with E-state index in [9.17, 15) is 29.1 Å². The smallest absolute Gasteiger partial charge is 0.407 e. The number of pyridine rings is 1. The molecule has 14 nitrogen and oxygen atoms in total. The molecule has 4 amide bonds. The van der Waals surface area contributed by atoms with E-state index in [4.69, 9.17) is 9.47 Å². The molecule has 0 saturated heterocycles. The summed E-state index contributed by atoms with van der Waals surface area (Å²) in [5.74, 6) is -3.10. The normalized spacial score (nSPS) is 14.6. The number of aromatic nitrogens is 1. The Morgan fingerprint density at radius 1 is 0.717 bits per heavy atom. The van der Waals surface area contributed by atoms with Crippen molar-refractivity contribution >= 4 is 30.0 Å². The summed E-state index contributed by atoms with van der Waals surface area (Å²) >= 11 is 0. The third-order valence-corrected chi connectivity index (χ3v) is 8.75. The monoisotopic (exact) mass is 733 g/mol. The van der Waals surface area contributed by atoms with Gasteiger partial charge < -0.3 is 40.6 Å². The molecule has 6 atom stereocenters. The van der Waals surface area contributed by atoms with Crippen molar-refractivity contribution in [1.82, 2.24) is 26.3 Å². The number of hydrogen-bond acceptors (Lipinski definition) is 10. The Morgan fingerprint density at radius 3 is 1.89 bits per heavy atom. The third kappa shape index (κ3) is 12.9. The maximum Gasteiger partial charge on any atom is 0.407 e. The van der Waals surface area contributed by atoms with Gasteiger partial charge >= 0.3 is 18.2 Å². The van der Waals surface area contributed by atoms with Gasteiger partial charge in [0.25, 0.3) is 0 Å². The number of nitrogens with one attached hydrogen (secondary N) is 4. The van der Waals surface area contributed by atoms with E-state index < -0.39 is 71.6 Å². The number of alkyl carbamates (subject to hydrolysis) is 2. The number of carbonyl (C=O) groups excluding carboxylic acids is 5. The number of aliphatic hydroxyl groups is 1. The number of esters is 1. The van der Waals surface area contributed by atoms with Crippen LogP contribution in [0.1, 0.15) is 45.2 Å². The molecule has 0 aliphatic carbocycles. The number of ether oxygens (including phenoxy) is 3. The van der Waals surface area contributed by atoms with Crippen LogP contribution in [0, 0.1) is 11.3 Å². The first-order chi connectivity index (χ1) is 25.2. The van der Waals surface area contributed by atoms with Crippen LogP contribution in [0.15, 0.2) is 79.0 Å². The minimum absolute atomic E-state index is 0.0394. The molecule has 0 aliphatic heterocycles. The van der Waals surface area contributed by atoms with Gasteiger partial charge in [-0.3, -0.25) is 19.4 Å². The van der Waals surface area contributed by atoms with Crippen LogP contribution in [0.4, 0.5) is 9.59 Å². The topological polar surface area (TPSA) is 194 Å². The first-order valence-corrected chi connectivity index (χ1v) is 17.3. The van der Waals surface area contributed by atoms with Crippen LogP contribution in [0.3, 0.4) is 0 Å². The largest absolute Gasteiger partial charge is 0.469 e. The van der Waals surface area contributed by atoms with E-state index in [1.165, 1.54) is 21.1 Å². The van der Waals surface area contributed by atoms with Gasteiger partial charge in [0.1, 0.15) is 12.1 Å². The Balaban J connectivity index is 1.97. The summed E-state index contributed by atoms with van der Waals surface area (Å²) in [6.07, 6.45) is -0.861. The highest BCUT2D eigenvalue weighted by atomic mass is 16.5. The number of hydrogen-bond donors (Lipinski definition) is 5. The van der Waals surface area contributed by atoms with Gasteiger partial charge in [-0.25, -0.2) is 9.59 Å². The Hall–Kier alpha value is -5.50.